The molecule has 0 saturated carbocycles. The number of alkyl halides is 1. The van der Waals surface area contributed by atoms with Gasteiger partial charge in [0.05, 0.1) is 4.05 Å². The first-order chi connectivity index (χ1) is 5.07. The summed E-state index contributed by atoms with van der Waals surface area (Å²) in [6.07, 6.45) is 0. The summed E-state index contributed by atoms with van der Waals surface area (Å²) in [5, 5.41) is 0. The molecule has 0 aromatic heterocycles. The van der Waals surface area contributed by atoms with Crippen molar-refractivity contribution in [3.05, 3.63) is 0 Å². The average Bonchev–Trinajstić information content (AvgIpc) is 1.87. The van der Waals surface area contributed by atoms with E-state index < -0.39 is 0 Å². The molecule has 0 bridgehead atoms. The third kappa shape index (κ3) is 5.87. The molecule has 2 nitrogen and oxygen atoms in total. The van der Waals surface area contributed by atoms with E-state index >= 15 is 0 Å². The van der Waals surface area contributed by atoms with Gasteiger partial charge >= 0.3 is 0 Å². The van der Waals surface area contributed by atoms with Gasteiger partial charge in [-0.1, -0.05) is 29.5 Å². The van der Waals surface area contributed by atoms with Crippen LogP contribution in [-0.2, 0) is 0 Å². The smallest absolute Gasteiger partial charge is 0.0590 e. The maximum atomic E-state index is 2.46. The number of hydrogen-bond acceptors (Lipinski definition) is 2. The Hall–Kier alpha value is 0.650. The van der Waals surface area contributed by atoms with Crippen LogP contribution in [-0.4, -0.2) is 47.6 Å². The highest BCUT2D eigenvalue weighted by molar-refractivity contribution is 14.1. The lowest BCUT2D eigenvalue weighted by Gasteiger charge is -2.24. The van der Waals surface area contributed by atoms with Crippen LogP contribution in [0.2, 0.25) is 0 Å². The largest absolute Gasteiger partial charge is 0.308 e. The van der Waals surface area contributed by atoms with Gasteiger partial charge in [0.2, 0.25) is 0 Å². The van der Waals surface area contributed by atoms with Crippen LogP contribution in [0.3, 0.4) is 0 Å². The van der Waals surface area contributed by atoms with Gasteiger partial charge in [-0.05, 0) is 27.6 Å². The van der Waals surface area contributed by atoms with Crippen LogP contribution in [0, 0.1) is 0 Å². The predicted molar refractivity (Wildman–Crippen MR) is 59.3 cm³/mol. The van der Waals surface area contributed by atoms with Crippen molar-refractivity contribution in [3.8, 4) is 0 Å². The normalized spacial score (nSPS) is 14.5. The fourth-order valence-electron chi connectivity index (χ4n) is 0.916. The fraction of sp³-hybridized carbons (Fsp3) is 1.00. The predicted octanol–water partition coefficient (Wildman–Crippen LogP) is 1.65. The number of rotatable bonds is 5. The monoisotopic (exact) mass is 270 g/mol. The molecule has 0 amide bonds. The van der Waals surface area contributed by atoms with Gasteiger partial charge in [0.1, 0.15) is 0 Å². The van der Waals surface area contributed by atoms with E-state index in [9.17, 15) is 0 Å². The van der Waals surface area contributed by atoms with Crippen LogP contribution in [0.15, 0.2) is 0 Å². The summed E-state index contributed by atoms with van der Waals surface area (Å²) in [7, 11) is 4.23. The van der Waals surface area contributed by atoms with E-state index in [0.717, 1.165) is 13.1 Å². The van der Waals surface area contributed by atoms with Crippen LogP contribution >= 0.6 is 22.6 Å². The number of likely N-dealkylation sites (N-methyl/N-ethyl adjacent to an activating group) is 2. The first-order valence-corrected chi connectivity index (χ1v) is 5.35. The lowest BCUT2D eigenvalue weighted by atomic mass is 10.4. The van der Waals surface area contributed by atoms with Gasteiger partial charge in [0.15, 0.2) is 0 Å². The van der Waals surface area contributed by atoms with Gasteiger partial charge in [0, 0.05) is 13.1 Å². The highest BCUT2D eigenvalue weighted by Gasteiger charge is 2.06. The van der Waals surface area contributed by atoms with Crippen LogP contribution in [0.5, 0.6) is 0 Å². The number of nitrogens with zero attached hydrogens (tertiary/aromatic N) is 2. The molecule has 0 heterocycles. The minimum atomic E-state index is 0.651. The summed E-state index contributed by atoms with van der Waals surface area (Å²) in [4.78, 5) is 4.68. The number of hydrogen-bond donors (Lipinski definition) is 0. The molecule has 0 aliphatic rings. The molecule has 3 heteroatoms. The molecule has 11 heavy (non-hydrogen) atoms. The summed E-state index contributed by atoms with van der Waals surface area (Å²) in [5.41, 5.74) is 0. The van der Waals surface area contributed by atoms with Crippen LogP contribution in [0.1, 0.15) is 13.8 Å². The first kappa shape index (κ1) is 11.6. The van der Waals surface area contributed by atoms with Crippen molar-refractivity contribution >= 4 is 22.6 Å². The van der Waals surface area contributed by atoms with Crippen molar-refractivity contribution in [2.45, 2.75) is 17.9 Å². The molecule has 0 saturated heterocycles. The Bertz CT molecular complexity index is 94.1. The third-order valence-electron chi connectivity index (χ3n) is 1.74. The highest BCUT2D eigenvalue weighted by atomic mass is 127. The highest BCUT2D eigenvalue weighted by Crippen LogP contribution is 2.05. The zero-order chi connectivity index (χ0) is 8.85. The second-order valence-corrected chi connectivity index (χ2v) is 4.81. The molecule has 0 spiro atoms. The molecular weight excluding hydrogens is 251 g/mol. The van der Waals surface area contributed by atoms with Crippen LogP contribution < -0.4 is 0 Å². The van der Waals surface area contributed by atoms with Crippen molar-refractivity contribution in [1.82, 2.24) is 9.80 Å². The SMILES string of the molecule is CCN(CCN(C)C)[C@H](C)I. The lowest BCUT2D eigenvalue weighted by molar-refractivity contribution is 0.253. The first-order valence-electron chi connectivity index (χ1n) is 4.10. The molecule has 0 aromatic carbocycles. The van der Waals surface area contributed by atoms with Crippen molar-refractivity contribution in [3.63, 3.8) is 0 Å². The maximum absolute atomic E-state index is 2.46. The maximum Gasteiger partial charge on any atom is 0.0590 e. The molecule has 1 atom stereocenters. The molecular formula is C8H19IN2. The molecule has 0 N–H and O–H groups in total. The molecule has 0 aliphatic heterocycles. The van der Waals surface area contributed by atoms with Gasteiger partial charge in [0.25, 0.3) is 0 Å². The van der Waals surface area contributed by atoms with Crippen molar-refractivity contribution in [2.24, 2.45) is 0 Å². The van der Waals surface area contributed by atoms with E-state index in [1.54, 1.807) is 0 Å². The Labute approximate surface area is 84.1 Å². The van der Waals surface area contributed by atoms with E-state index in [1.165, 1.54) is 6.54 Å². The van der Waals surface area contributed by atoms with Gasteiger partial charge in [-0.15, -0.1) is 0 Å². The Morgan fingerprint density at radius 1 is 1.27 bits per heavy atom. The quantitative estimate of drug-likeness (QED) is 0.426. The molecule has 68 valence electrons. The molecule has 0 aliphatic carbocycles. The van der Waals surface area contributed by atoms with Crippen molar-refractivity contribution < 1.29 is 0 Å². The molecule has 0 rings (SSSR count). The minimum Gasteiger partial charge on any atom is -0.308 e. The van der Waals surface area contributed by atoms with Crippen molar-refractivity contribution in [2.75, 3.05) is 33.7 Å². The van der Waals surface area contributed by atoms with Crippen LogP contribution in [0.25, 0.3) is 0 Å². The minimum absolute atomic E-state index is 0.651. The van der Waals surface area contributed by atoms with E-state index in [2.05, 4.69) is 60.3 Å². The zero-order valence-corrected chi connectivity index (χ0v) is 10.1. The van der Waals surface area contributed by atoms with E-state index in [0.29, 0.717) is 4.05 Å². The lowest BCUT2D eigenvalue weighted by Crippen LogP contribution is -2.34. The fourth-order valence-corrected chi connectivity index (χ4v) is 1.59. The van der Waals surface area contributed by atoms with Gasteiger partial charge in [-0.3, -0.25) is 4.90 Å². The van der Waals surface area contributed by atoms with Gasteiger partial charge in [-0.2, -0.15) is 0 Å². The van der Waals surface area contributed by atoms with E-state index in [-0.39, 0.29) is 0 Å². The topological polar surface area (TPSA) is 6.48 Å². The Morgan fingerprint density at radius 2 is 1.82 bits per heavy atom. The van der Waals surface area contributed by atoms with Crippen LogP contribution in [0.4, 0.5) is 0 Å². The zero-order valence-electron chi connectivity index (χ0n) is 7.97. The second kappa shape index (κ2) is 6.20. The van der Waals surface area contributed by atoms with Gasteiger partial charge < -0.3 is 4.90 Å². The van der Waals surface area contributed by atoms with Crippen molar-refractivity contribution in [1.29, 1.82) is 0 Å². The van der Waals surface area contributed by atoms with Gasteiger partial charge in [-0.25, -0.2) is 0 Å². The third-order valence-corrected chi connectivity index (χ3v) is 2.53. The van der Waals surface area contributed by atoms with E-state index in [4.69, 9.17) is 0 Å². The summed E-state index contributed by atoms with van der Waals surface area (Å²) < 4.78 is 0.651. The summed E-state index contributed by atoms with van der Waals surface area (Å²) in [6, 6.07) is 0. The number of halogens is 1. The van der Waals surface area contributed by atoms with E-state index in [1.807, 2.05) is 0 Å². The summed E-state index contributed by atoms with van der Waals surface area (Å²) in [5.74, 6) is 0. The Kier molecular flexibility index (Phi) is 6.56. The molecule has 0 aromatic rings. The molecule has 0 unspecified atom stereocenters. The average molecular weight is 270 g/mol. The molecule has 0 fully saturated rings. The Morgan fingerprint density at radius 3 is 2.09 bits per heavy atom. The standard InChI is InChI=1S/C8H19IN2/c1-5-11(8(2)9)7-6-10(3)4/h8H,5-7H2,1-4H3/t8-/m1/s1. The Balaban J connectivity index is 3.52. The second-order valence-electron chi connectivity index (χ2n) is 3.01. The summed E-state index contributed by atoms with van der Waals surface area (Å²) >= 11 is 2.46. The molecule has 0 radical (unpaired) electrons. The summed E-state index contributed by atoms with van der Waals surface area (Å²) in [6.45, 7) is 7.93.